The van der Waals surface area contributed by atoms with E-state index in [-0.39, 0.29) is 16.7 Å². The Balaban J connectivity index is 1.66. The van der Waals surface area contributed by atoms with Gasteiger partial charge in [-0.2, -0.15) is 0 Å². The molecule has 7 heteroatoms. The van der Waals surface area contributed by atoms with E-state index in [4.69, 9.17) is 4.98 Å². The zero-order valence-corrected chi connectivity index (χ0v) is 17.1. The van der Waals surface area contributed by atoms with Crippen molar-refractivity contribution in [3.63, 3.8) is 0 Å². The van der Waals surface area contributed by atoms with Gasteiger partial charge < -0.3 is 4.98 Å². The van der Waals surface area contributed by atoms with Gasteiger partial charge in [0.25, 0.3) is 11.2 Å². The summed E-state index contributed by atoms with van der Waals surface area (Å²) in [6.45, 7) is 6.84. The van der Waals surface area contributed by atoms with Crippen LogP contribution in [0, 0.1) is 21.4 Å². The molecule has 0 saturated heterocycles. The molecule has 0 amide bonds. The maximum Gasteiger partial charge on any atom is 0.269 e. The number of hydrogen-bond donors (Lipinski definition) is 1. The molecule has 3 aromatic rings. The van der Waals surface area contributed by atoms with E-state index in [1.54, 1.807) is 23.5 Å². The fourth-order valence-electron chi connectivity index (χ4n) is 3.98. The third-order valence-corrected chi connectivity index (χ3v) is 6.86. The molecule has 0 aliphatic heterocycles. The molecule has 0 radical (unpaired) electrons. The van der Waals surface area contributed by atoms with Gasteiger partial charge in [0.05, 0.1) is 10.3 Å². The van der Waals surface area contributed by atoms with Gasteiger partial charge >= 0.3 is 0 Å². The van der Waals surface area contributed by atoms with E-state index in [2.05, 4.69) is 25.8 Å². The number of aromatic nitrogens is 2. The summed E-state index contributed by atoms with van der Waals surface area (Å²) in [7, 11) is 0. The standard InChI is InChI=1S/C21H23N3O3S/c1-21(2,3)13-6-9-15-16(11-13)28-20-18(15)19(25)22-17(23-20)10-12-4-7-14(8-5-12)24(26)27/h4-5,7-8,13H,6,9-11H2,1-3H3,(H,22,23,25). The van der Waals surface area contributed by atoms with Crippen molar-refractivity contribution in [2.24, 2.45) is 11.3 Å². The lowest BCUT2D eigenvalue weighted by atomic mass is 9.72. The van der Waals surface area contributed by atoms with Gasteiger partial charge in [-0.05, 0) is 41.7 Å². The minimum Gasteiger partial charge on any atom is -0.310 e. The molecule has 1 atom stereocenters. The fourth-order valence-corrected chi connectivity index (χ4v) is 5.30. The Bertz CT molecular complexity index is 1110. The number of nitrogens with zero attached hydrogens (tertiary/aromatic N) is 2. The molecule has 146 valence electrons. The molecular weight excluding hydrogens is 374 g/mol. The van der Waals surface area contributed by atoms with E-state index in [9.17, 15) is 14.9 Å². The maximum atomic E-state index is 12.8. The number of nitro groups is 1. The molecule has 0 saturated carbocycles. The van der Waals surface area contributed by atoms with Gasteiger partial charge in [0, 0.05) is 23.4 Å². The first kappa shape index (κ1) is 18.8. The van der Waals surface area contributed by atoms with Gasteiger partial charge in [0.15, 0.2) is 0 Å². The predicted octanol–water partition coefficient (Wildman–Crippen LogP) is 4.63. The van der Waals surface area contributed by atoms with Crippen LogP contribution < -0.4 is 5.56 Å². The Morgan fingerprint density at radius 3 is 2.64 bits per heavy atom. The number of H-pyrrole nitrogens is 1. The lowest BCUT2D eigenvalue weighted by molar-refractivity contribution is -0.384. The van der Waals surface area contributed by atoms with Crippen LogP contribution in [0.2, 0.25) is 0 Å². The molecule has 1 unspecified atom stereocenters. The second-order valence-electron chi connectivity index (χ2n) is 8.60. The number of rotatable bonds is 3. The highest BCUT2D eigenvalue weighted by molar-refractivity contribution is 7.18. The van der Waals surface area contributed by atoms with Crippen molar-refractivity contribution in [1.82, 2.24) is 9.97 Å². The molecule has 0 bridgehead atoms. The Kier molecular flexibility index (Phi) is 4.57. The Morgan fingerprint density at radius 1 is 1.29 bits per heavy atom. The molecule has 4 rings (SSSR count). The largest absolute Gasteiger partial charge is 0.310 e. The highest BCUT2D eigenvalue weighted by Gasteiger charge is 2.31. The Labute approximate surface area is 166 Å². The molecular formula is C21H23N3O3S. The van der Waals surface area contributed by atoms with E-state index < -0.39 is 4.92 Å². The highest BCUT2D eigenvalue weighted by Crippen LogP contribution is 2.42. The third kappa shape index (κ3) is 3.46. The lowest BCUT2D eigenvalue weighted by Crippen LogP contribution is -2.26. The normalized spacial score (nSPS) is 16.9. The van der Waals surface area contributed by atoms with Crippen LogP contribution in [0.3, 0.4) is 0 Å². The van der Waals surface area contributed by atoms with Crippen molar-refractivity contribution >= 4 is 27.2 Å². The molecule has 2 aromatic heterocycles. The molecule has 1 N–H and O–H groups in total. The highest BCUT2D eigenvalue weighted by atomic mass is 32.1. The van der Waals surface area contributed by atoms with E-state index >= 15 is 0 Å². The van der Waals surface area contributed by atoms with Gasteiger partial charge in [-0.25, -0.2) is 4.98 Å². The summed E-state index contributed by atoms with van der Waals surface area (Å²) in [5.74, 6) is 1.21. The maximum absolute atomic E-state index is 12.8. The monoisotopic (exact) mass is 397 g/mol. The van der Waals surface area contributed by atoms with Gasteiger partial charge in [0.2, 0.25) is 0 Å². The molecule has 1 aromatic carbocycles. The summed E-state index contributed by atoms with van der Waals surface area (Å²) in [4.78, 5) is 32.9. The van der Waals surface area contributed by atoms with Crippen LogP contribution in [0.25, 0.3) is 10.2 Å². The first-order valence-corrected chi connectivity index (χ1v) is 10.3. The van der Waals surface area contributed by atoms with Crippen LogP contribution in [-0.4, -0.2) is 14.9 Å². The van der Waals surface area contributed by atoms with E-state index in [1.165, 1.54) is 22.6 Å². The van der Waals surface area contributed by atoms with Crippen LogP contribution in [0.15, 0.2) is 29.1 Å². The molecule has 1 aliphatic carbocycles. The second kappa shape index (κ2) is 6.81. The topological polar surface area (TPSA) is 88.9 Å². The number of aryl methyl sites for hydroxylation is 1. The third-order valence-electron chi connectivity index (χ3n) is 5.71. The molecule has 6 nitrogen and oxygen atoms in total. The minimum atomic E-state index is -0.420. The Hall–Kier alpha value is -2.54. The second-order valence-corrected chi connectivity index (χ2v) is 9.69. The molecule has 0 spiro atoms. The van der Waals surface area contributed by atoms with Crippen molar-refractivity contribution in [3.05, 3.63) is 66.6 Å². The number of thiophene rings is 1. The van der Waals surface area contributed by atoms with Gasteiger partial charge in [-0.3, -0.25) is 14.9 Å². The van der Waals surface area contributed by atoms with Gasteiger partial charge in [0.1, 0.15) is 10.7 Å². The fraction of sp³-hybridized carbons (Fsp3) is 0.429. The average molecular weight is 398 g/mol. The van der Waals surface area contributed by atoms with Crippen LogP contribution >= 0.6 is 11.3 Å². The first-order chi connectivity index (χ1) is 13.2. The average Bonchev–Trinajstić information content (AvgIpc) is 2.99. The molecule has 28 heavy (non-hydrogen) atoms. The number of fused-ring (bicyclic) bond motifs is 3. The predicted molar refractivity (Wildman–Crippen MR) is 111 cm³/mol. The number of aromatic amines is 1. The van der Waals surface area contributed by atoms with Crippen LogP contribution in [0.5, 0.6) is 0 Å². The first-order valence-electron chi connectivity index (χ1n) is 9.49. The Morgan fingerprint density at radius 2 is 2.00 bits per heavy atom. The van der Waals surface area contributed by atoms with Gasteiger partial charge in [-0.15, -0.1) is 11.3 Å². The minimum absolute atomic E-state index is 0.0555. The number of non-ortho nitro benzene ring substituents is 1. The molecule has 1 aliphatic rings. The van der Waals surface area contributed by atoms with Crippen LogP contribution in [0.1, 0.15) is 49.0 Å². The SMILES string of the molecule is CC(C)(C)C1CCc2c(sc3nc(Cc4ccc([N+](=O)[O-])cc4)[nH]c(=O)c23)C1. The molecule has 2 heterocycles. The van der Waals surface area contributed by atoms with Crippen molar-refractivity contribution in [2.45, 2.75) is 46.5 Å². The summed E-state index contributed by atoms with van der Waals surface area (Å²) in [5, 5.41) is 11.5. The zero-order valence-electron chi connectivity index (χ0n) is 16.2. The number of hydrogen-bond acceptors (Lipinski definition) is 5. The van der Waals surface area contributed by atoms with Crippen molar-refractivity contribution in [3.8, 4) is 0 Å². The van der Waals surface area contributed by atoms with E-state index in [1.807, 2.05) is 0 Å². The summed E-state index contributed by atoms with van der Waals surface area (Å²) >= 11 is 1.64. The van der Waals surface area contributed by atoms with E-state index in [0.29, 0.717) is 18.2 Å². The summed E-state index contributed by atoms with van der Waals surface area (Å²) in [6, 6.07) is 6.36. The van der Waals surface area contributed by atoms with Crippen molar-refractivity contribution < 1.29 is 4.92 Å². The zero-order chi connectivity index (χ0) is 20.1. The quantitative estimate of drug-likeness (QED) is 0.515. The summed E-state index contributed by atoms with van der Waals surface area (Å²) in [5.41, 5.74) is 2.29. The summed E-state index contributed by atoms with van der Waals surface area (Å²) in [6.07, 6.45) is 3.49. The number of benzene rings is 1. The smallest absolute Gasteiger partial charge is 0.269 e. The van der Waals surface area contributed by atoms with Crippen molar-refractivity contribution in [2.75, 3.05) is 0 Å². The molecule has 0 fully saturated rings. The van der Waals surface area contributed by atoms with Crippen LogP contribution in [0.4, 0.5) is 5.69 Å². The van der Waals surface area contributed by atoms with Crippen molar-refractivity contribution in [1.29, 1.82) is 0 Å². The number of nitrogens with one attached hydrogen (secondary N) is 1. The van der Waals surface area contributed by atoms with Gasteiger partial charge in [-0.1, -0.05) is 32.9 Å². The lowest BCUT2D eigenvalue weighted by Gasteiger charge is -2.33. The summed E-state index contributed by atoms with van der Waals surface area (Å²) < 4.78 is 0. The van der Waals surface area contributed by atoms with Crippen LogP contribution in [-0.2, 0) is 19.3 Å². The number of nitro benzene ring substituents is 1. The van der Waals surface area contributed by atoms with E-state index in [0.717, 1.165) is 35.0 Å².